The Bertz CT molecular complexity index is 1700. The first-order chi connectivity index (χ1) is 17.4. The van der Waals surface area contributed by atoms with E-state index in [4.69, 9.17) is 11.2 Å². The summed E-state index contributed by atoms with van der Waals surface area (Å²) in [4.78, 5) is 36.9. The Morgan fingerprint density at radius 1 is 1.22 bits per heavy atom. The Balaban J connectivity index is 1.90. The molecule has 2 heterocycles. The van der Waals surface area contributed by atoms with E-state index in [0.29, 0.717) is 36.5 Å². The largest absolute Gasteiger partial charge is 0.478 e. The second-order valence-corrected chi connectivity index (χ2v) is 8.91. The summed E-state index contributed by atoms with van der Waals surface area (Å²) in [6, 6.07) is 9.89. The Morgan fingerprint density at radius 2 is 1.95 bits per heavy atom. The zero-order valence-electron chi connectivity index (χ0n) is 19.4. The van der Waals surface area contributed by atoms with Crippen LogP contribution in [0.15, 0.2) is 52.1 Å². The van der Waals surface area contributed by atoms with Crippen LogP contribution in [0.3, 0.4) is 0 Å². The molecule has 0 aliphatic rings. The lowest BCUT2D eigenvalue weighted by Crippen LogP contribution is -2.40. The fraction of sp³-hybridized carbons (Fsp3) is 0.200. The minimum absolute atomic E-state index is 0.0409. The van der Waals surface area contributed by atoms with Gasteiger partial charge < -0.3 is 9.84 Å². The van der Waals surface area contributed by atoms with E-state index in [1.165, 1.54) is 12.1 Å². The molecule has 2 aromatic heterocycles. The number of hydrogen-bond acceptors (Lipinski definition) is 6. The fourth-order valence-corrected chi connectivity index (χ4v) is 4.54. The van der Waals surface area contributed by atoms with E-state index >= 15 is 0 Å². The van der Waals surface area contributed by atoms with Gasteiger partial charge in [0, 0.05) is 24.1 Å². The number of alkyl halides is 3. The third kappa shape index (κ3) is 4.85. The first-order valence-corrected chi connectivity index (χ1v) is 11.4. The van der Waals surface area contributed by atoms with E-state index in [0.717, 1.165) is 24.1 Å². The maximum absolute atomic E-state index is 13.2. The number of fused-ring (bicyclic) bond motifs is 1. The van der Waals surface area contributed by atoms with Gasteiger partial charge in [0.05, 0.1) is 22.5 Å². The Hall–Kier alpha value is -4.37. The highest BCUT2D eigenvalue weighted by atomic mass is 32.1. The van der Waals surface area contributed by atoms with Gasteiger partial charge in [0.25, 0.3) is 5.56 Å². The number of hydrogen-bond donors (Lipinski definition) is 1. The molecule has 1 atom stereocenters. The molecular weight excluding hydrogens is 511 g/mol. The molecule has 0 radical (unpaired) electrons. The summed E-state index contributed by atoms with van der Waals surface area (Å²) in [5, 5.41) is 9.93. The van der Waals surface area contributed by atoms with Crippen LogP contribution in [0.25, 0.3) is 27.0 Å². The van der Waals surface area contributed by atoms with E-state index < -0.39 is 35.2 Å². The van der Waals surface area contributed by atoms with Crippen molar-refractivity contribution in [2.24, 2.45) is 7.05 Å². The van der Waals surface area contributed by atoms with Crippen molar-refractivity contribution in [1.82, 2.24) is 13.5 Å². The molecule has 37 heavy (non-hydrogen) atoms. The molecule has 0 bridgehead atoms. The SMILES string of the molecule is C#CCC(Oc1ccc(C)cc1-c1nsc2ccc(-n3c(=O)cc(C(F)(F)F)n(C)c3=O)cc12)C(=O)O. The Morgan fingerprint density at radius 3 is 2.59 bits per heavy atom. The highest BCUT2D eigenvalue weighted by molar-refractivity contribution is 7.13. The average molecular weight is 529 g/mol. The molecule has 4 aromatic rings. The summed E-state index contributed by atoms with van der Waals surface area (Å²) in [6.07, 6.45) is -1.09. The van der Waals surface area contributed by atoms with E-state index in [1.807, 2.05) is 6.92 Å². The van der Waals surface area contributed by atoms with Gasteiger partial charge in [0.1, 0.15) is 11.4 Å². The van der Waals surface area contributed by atoms with Crippen molar-refractivity contribution >= 4 is 27.6 Å². The van der Waals surface area contributed by atoms with Crippen LogP contribution in [0.1, 0.15) is 17.7 Å². The number of aliphatic carboxylic acids is 1. The molecule has 190 valence electrons. The number of benzene rings is 2. The first kappa shape index (κ1) is 25.7. The van der Waals surface area contributed by atoms with Crippen LogP contribution in [0.5, 0.6) is 5.75 Å². The van der Waals surface area contributed by atoms with Crippen molar-refractivity contribution in [3.8, 4) is 35.0 Å². The van der Waals surface area contributed by atoms with Crippen molar-refractivity contribution in [2.45, 2.75) is 25.6 Å². The third-order valence-electron chi connectivity index (χ3n) is 5.56. The number of carboxylic acids is 1. The van der Waals surface area contributed by atoms with E-state index in [2.05, 4.69) is 10.3 Å². The number of ether oxygens (including phenoxy) is 1. The van der Waals surface area contributed by atoms with Gasteiger partial charge in [-0.3, -0.25) is 9.36 Å². The second kappa shape index (κ2) is 9.59. The molecule has 0 fully saturated rings. The van der Waals surface area contributed by atoms with Crippen molar-refractivity contribution < 1.29 is 27.8 Å². The molecule has 4 rings (SSSR count). The van der Waals surface area contributed by atoms with Gasteiger partial charge in [-0.15, -0.1) is 12.3 Å². The molecule has 1 N–H and O–H groups in total. The van der Waals surface area contributed by atoms with E-state index in [1.54, 1.807) is 24.3 Å². The standard InChI is InChI=1S/C25H18F3N3O5S/c1-4-5-18(23(33)34)36-17-8-6-13(2)10-15(17)22-16-11-14(7-9-19(16)37-29-22)31-21(32)12-20(25(26,27)28)30(3)24(31)35/h1,6-12,18H,5H2,2-3H3,(H,33,34). The zero-order valence-corrected chi connectivity index (χ0v) is 20.2. The van der Waals surface area contributed by atoms with Gasteiger partial charge in [0.2, 0.25) is 6.10 Å². The van der Waals surface area contributed by atoms with E-state index in [9.17, 15) is 32.7 Å². The first-order valence-electron chi connectivity index (χ1n) is 10.7. The lowest BCUT2D eigenvalue weighted by Gasteiger charge is -2.16. The van der Waals surface area contributed by atoms with Gasteiger partial charge in [-0.2, -0.15) is 17.5 Å². The van der Waals surface area contributed by atoms with Crippen LogP contribution in [0.4, 0.5) is 13.2 Å². The highest BCUT2D eigenvalue weighted by Gasteiger charge is 2.35. The summed E-state index contributed by atoms with van der Waals surface area (Å²) in [6.45, 7) is 1.81. The van der Waals surface area contributed by atoms with Crippen LogP contribution in [0, 0.1) is 19.3 Å². The molecule has 8 nitrogen and oxygen atoms in total. The van der Waals surface area contributed by atoms with Gasteiger partial charge in [-0.25, -0.2) is 14.2 Å². The van der Waals surface area contributed by atoms with Crippen molar-refractivity contribution in [1.29, 1.82) is 0 Å². The topological polar surface area (TPSA) is 103 Å². The summed E-state index contributed by atoms with van der Waals surface area (Å²) >= 11 is 1.11. The number of carboxylic acid groups (broad SMARTS) is 1. The Kier molecular flexibility index (Phi) is 6.66. The molecule has 12 heteroatoms. The predicted octanol–water partition coefficient (Wildman–Crippen LogP) is 4.00. The van der Waals surface area contributed by atoms with Crippen molar-refractivity contribution in [3.05, 3.63) is 74.6 Å². The normalized spacial score (nSPS) is 12.3. The monoisotopic (exact) mass is 529 g/mol. The van der Waals surface area contributed by atoms with Gasteiger partial charge in [-0.1, -0.05) is 11.6 Å². The van der Waals surface area contributed by atoms with Crippen LogP contribution in [-0.4, -0.2) is 30.7 Å². The van der Waals surface area contributed by atoms with Crippen LogP contribution in [-0.2, 0) is 18.0 Å². The second-order valence-electron chi connectivity index (χ2n) is 8.11. The van der Waals surface area contributed by atoms with Gasteiger partial charge in [0.15, 0.2) is 0 Å². The predicted molar refractivity (Wildman–Crippen MR) is 131 cm³/mol. The number of terminal acetylenes is 1. The molecule has 0 aliphatic heterocycles. The van der Waals surface area contributed by atoms with E-state index in [-0.39, 0.29) is 17.9 Å². The number of aryl methyl sites for hydroxylation is 1. The lowest BCUT2D eigenvalue weighted by atomic mass is 10.0. The maximum atomic E-state index is 13.2. The van der Waals surface area contributed by atoms with Crippen LogP contribution in [0.2, 0.25) is 0 Å². The Labute approximate surface area is 211 Å². The summed E-state index contributed by atoms with van der Waals surface area (Å²) < 4.78 is 51.5. The zero-order chi connectivity index (χ0) is 27.1. The average Bonchev–Trinajstić information content (AvgIpc) is 3.24. The number of rotatable bonds is 6. The summed E-state index contributed by atoms with van der Waals surface area (Å²) in [5.41, 5.74) is -1.99. The number of halogens is 3. The quantitative estimate of drug-likeness (QED) is 0.379. The third-order valence-corrected chi connectivity index (χ3v) is 6.39. The molecule has 0 amide bonds. The lowest BCUT2D eigenvalue weighted by molar-refractivity contribution is -0.145. The smallest absolute Gasteiger partial charge is 0.431 e. The minimum atomic E-state index is -4.88. The van der Waals surface area contributed by atoms with Crippen molar-refractivity contribution in [2.75, 3.05) is 0 Å². The maximum Gasteiger partial charge on any atom is 0.431 e. The summed E-state index contributed by atoms with van der Waals surface area (Å²) in [7, 11) is 0.933. The molecule has 2 aromatic carbocycles. The molecular formula is C25H18F3N3O5S. The van der Waals surface area contributed by atoms with Gasteiger partial charge >= 0.3 is 17.8 Å². The minimum Gasteiger partial charge on any atom is -0.478 e. The van der Waals surface area contributed by atoms with Crippen molar-refractivity contribution in [3.63, 3.8) is 0 Å². The summed E-state index contributed by atoms with van der Waals surface area (Å²) in [5.74, 6) is 1.22. The molecule has 0 spiro atoms. The highest BCUT2D eigenvalue weighted by Crippen LogP contribution is 2.38. The fourth-order valence-electron chi connectivity index (χ4n) is 3.77. The molecule has 0 aliphatic carbocycles. The number of carbonyl (C=O) groups is 1. The van der Waals surface area contributed by atoms with Crippen LogP contribution < -0.4 is 16.0 Å². The number of aromatic nitrogens is 3. The molecule has 0 saturated heterocycles. The number of nitrogens with zero attached hydrogens (tertiary/aromatic N) is 3. The molecule has 0 saturated carbocycles. The van der Waals surface area contributed by atoms with Gasteiger partial charge in [-0.05, 0) is 48.8 Å². The van der Waals surface area contributed by atoms with Crippen LogP contribution >= 0.6 is 11.5 Å². The molecule has 1 unspecified atom stereocenters.